The summed E-state index contributed by atoms with van der Waals surface area (Å²) in [5.41, 5.74) is 0.150. The second-order valence-electron chi connectivity index (χ2n) is 5.74. The Balaban J connectivity index is 2.42. The van der Waals surface area contributed by atoms with Crippen LogP contribution in [-0.4, -0.2) is 23.4 Å². The minimum atomic E-state index is -0.671. The van der Waals surface area contributed by atoms with Crippen LogP contribution < -0.4 is 5.46 Å². The molecule has 1 aromatic carbocycles. The van der Waals surface area contributed by atoms with E-state index in [1.165, 1.54) is 6.07 Å². The van der Waals surface area contributed by atoms with E-state index in [0.29, 0.717) is 11.0 Å². The van der Waals surface area contributed by atoms with E-state index in [0.717, 1.165) is 6.07 Å². The van der Waals surface area contributed by atoms with E-state index in [-0.39, 0.29) is 5.75 Å². The third-order valence-electron chi connectivity index (χ3n) is 3.82. The highest BCUT2D eigenvalue weighted by molar-refractivity contribution is 6.63. The molecule has 0 radical (unpaired) electrons. The topological polar surface area (TPSA) is 38.7 Å². The molecule has 3 nitrogen and oxygen atoms in total. The molecule has 0 bridgehead atoms. The molecule has 1 saturated heterocycles. The first-order valence-electron chi connectivity index (χ1n) is 5.99. The summed E-state index contributed by atoms with van der Waals surface area (Å²) in [6.07, 6.45) is 0. The van der Waals surface area contributed by atoms with Crippen LogP contribution in [0.15, 0.2) is 12.1 Å². The average molecular weight is 252 g/mol. The van der Waals surface area contributed by atoms with Crippen molar-refractivity contribution in [1.82, 2.24) is 0 Å². The Labute approximate surface area is 107 Å². The number of phenolic OH excluding ortho intramolecular Hbond substituents is 1. The second-order valence-corrected chi connectivity index (χ2v) is 5.74. The molecule has 0 unspecified atom stereocenters. The van der Waals surface area contributed by atoms with Crippen molar-refractivity contribution in [3.8, 4) is 5.75 Å². The van der Waals surface area contributed by atoms with Gasteiger partial charge in [0.1, 0.15) is 11.6 Å². The van der Waals surface area contributed by atoms with Crippen LogP contribution >= 0.6 is 0 Å². The van der Waals surface area contributed by atoms with E-state index in [4.69, 9.17) is 9.31 Å². The smallest absolute Gasteiger partial charge is 0.498 e. The molecule has 0 aliphatic carbocycles. The van der Waals surface area contributed by atoms with Gasteiger partial charge in [-0.3, -0.25) is 0 Å². The average Bonchev–Trinajstić information content (AvgIpc) is 2.32. The fourth-order valence-corrected chi connectivity index (χ4v) is 2.00. The fourth-order valence-electron chi connectivity index (χ4n) is 2.00. The van der Waals surface area contributed by atoms with Crippen LogP contribution in [0.4, 0.5) is 4.39 Å². The molecule has 1 aliphatic heterocycles. The molecule has 98 valence electrons. The zero-order valence-corrected chi connectivity index (χ0v) is 11.4. The van der Waals surface area contributed by atoms with E-state index in [2.05, 4.69) is 0 Å². The Kier molecular flexibility index (Phi) is 2.95. The van der Waals surface area contributed by atoms with Gasteiger partial charge in [-0.15, -0.1) is 0 Å². The molecule has 2 rings (SSSR count). The van der Waals surface area contributed by atoms with Crippen molar-refractivity contribution in [2.45, 2.75) is 45.8 Å². The Morgan fingerprint density at radius 2 is 1.61 bits per heavy atom. The van der Waals surface area contributed by atoms with Crippen molar-refractivity contribution in [3.05, 3.63) is 23.5 Å². The maximum Gasteiger partial charge on any atom is 0.498 e. The molecule has 0 amide bonds. The predicted octanol–water partition coefficient (Wildman–Crippen LogP) is 2.14. The van der Waals surface area contributed by atoms with Gasteiger partial charge in [-0.1, -0.05) is 0 Å². The van der Waals surface area contributed by atoms with E-state index >= 15 is 0 Å². The van der Waals surface area contributed by atoms with Crippen LogP contribution in [0.5, 0.6) is 5.75 Å². The highest BCUT2D eigenvalue weighted by Crippen LogP contribution is 2.37. The number of benzene rings is 1. The van der Waals surface area contributed by atoms with Gasteiger partial charge >= 0.3 is 7.12 Å². The number of hydrogen-bond donors (Lipinski definition) is 1. The van der Waals surface area contributed by atoms with Gasteiger partial charge < -0.3 is 14.4 Å². The monoisotopic (exact) mass is 252 g/mol. The zero-order chi connectivity index (χ0) is 13.7. The summed E-state index contributed by atoms with van der Waals surface area (Å²) in [5, 5.41) is 9.87. The van der Waals surface area contributed by atoms with Gasteiger partial charge in [-0.2, -0.15) is 0 Å². The van der Waals surface area contributed by atoms with Gasteiger partial charge in [0.2, 0.25) is 0 Å². The summed E-state index contributed by atoms with van der Waals surface area (Å²) >= 11 is 0. The summed E-state index contributed by atoms with van der Waals surface area (Å²) in [4.78, 5) is 0. The van der Waals surface area contributed by atoms with Crippen molar-refractivity contribution in [2.75, 3.05) is 0 Å². The van der Waals surface area contributed by atoms with Gasteiger partial charge in [-0.25, -0.2) is 4.39 Å². The van der Waals surface area contributed by atoms with E-state index in [9.17, 15) is 9.50 Å². The first-order chi connectivity index (χ1) is 8.14. The zero-order valence-electron chi connectivity index (χ0n) is 11.4. The molecular weight excluding hydrogens is 234 g/mol. The van der Waals surface area contributed by atoms with E-state index in [1.54, 1.807) is 6.92 Å². The van der Waals surface area contributed by atoms with E-state index in [1.807, 2.05) is 27.7 Å². The Morgan fingerprint density at radius 3 is 2.06 bits per heavy atom. The van der Waals surface area contributed by atoms with Crippen molar-refractivity contribution in [3.63, 3.8) is 0 Å². The second kappa shape index (κ2) is 3.97. The normalized spacial score (nSPS) is 21.3. The van der Waals surface area contributed by atoms with Crippen molar-refractivity contribution in [2.24, 2.45) is 0 Å². The summed E-state index contributed by atoms with van der Waals surface area (Å²) in [7, 11) is -0.671. The third kappa shape index (κ3) is 2.02. The van der Waals surface area contributed by atoms with Gasteiger partial charge in [-0.05, 0) is 46.2 Å². The number of aryl methyl sites for hydroxylation is 1. The minimum Gasteiger partial charge on any atom is -0.508 e. The highest BCUT2D eigenvalue weighted by atomic mass is 19.1. The van der Waals surface area contributed by atoms with Gasteiger partial charge in [0.25, 0.3) is 0 Å². The Bertz CT molecular complexity index is 446. The summed E-state index contributed by atoms with van der Waals surface area (Å²) in [6.45, 7) is 9.46. The van der Waals surface area contributed by atoms with Gasteiger partial charge in [0.05, 0.1) is 11.2 Å². The van der Waals surface area contributed by atoms with Crippen molar-refractivity contribution >= 4 is 12.6 Å². The summed E-state index contributed by atoms with van der Waals surface area (Å²) < 4.78 is 24.9. The van der Waals surface area contributed by atoms with Gasteiger partial charge in [0.15, 0.2) is 0 Å². The molecule has 0 saturated carbocycles. The standard InChI is InChI=1S/C13H18BFO3/c1-8-6-9(15)7-10(16)11(8)14-17-12(2,3)13(4,5)18-14/h6-7,16H,1-5H3. The number of aromatic hydroxyl groups is 1. The first-order valence-corrected chi connectivity index (χ1v) is 5.99. The molecule has 1 fully saturated rings. The summed E-state index contributed by atoms with van der Waals surface area (Å²) in [6, 6.07) is 2.44. The quantitative estimate of drug-likeness (QED) is 0.778. The van der Waals surface area contributed by atoms with Crippen LogP contribution in [0.1, 0.15) is 33.3 Å². The molecule has 0 aromatic heterocycles. The highest BCUT2D eigenvalue weighted by Gasteiger charge is 2.52. The number of rotatable bonds is 1. The number of phenols is 1. The van der Waals surface area contributed by atoms with Crippen LogP contribution in [-0.2, 0) is 9.31 Å². The van der Waals surface area contributed by atoms with Crippen molar-refractivity contribution < 1.29 is 18.8 Å². The molecule has 1 aromatic rings. The first kappa shape index (κ1) is 13.4. The molecule has 5 heteroatoms. The molecule has 0 atom stereocenters. The van der Waals surface area contributed by atoms with E-state index < -0.39 is 24.1 Å². The SMILES string of the molecule is Cc1cc(F)cc(O)c1B1OC(C)(C)C(C)(C)O1. The molecule has 1 aliphatic rings. The molecule has 1 N–H and O–H groups in total. The number of halogens is 1. The number of hydrogen-bond acceptors (Lipinski definition) is 3. The lowest BCUT2D eigenvalue weighted by Gasteiger charge is -2.32. The molecule has 1 heterocycles. The van der Waals surface area contributed by atoms with Crippen LogP contribution in [0.25, 0.3) is 0 Å². The Morgan fingerprint density at radius 1 is 1.11 bits per heavy atom. The Hall–Kier alpha value is -1.07. The van der Waals surface area contributed by atoms with Crippen LogP contribution in [0.3, 0.4) is 0 Å². The summed E-state index contributed by atoms with van der Waals surface area (Å²) in [5.74, 6) is -0.601. The van der Waals surface area contributed by atoms with Crippen LogP contribution in [0.2, 0.25) is 0 Å². The van der Waals surface area contributed by atoms with Gasteiger partial charge in [0, 0.05) is 11.5 Å². The maximum atomic E-state index is 13.2. The lowest BCUT2D eigenvalue weighted by atomic mass is 9.75. The van der Waals surface area contributed by atoms with Crippen LogP contribution in [0, 0.1) is 12.7 Å². The maximum absolute atomic E-state index is 13.2. The largest absolute Gasteiger partial charge is 0.508 e. The predicted molar refractivity (Wildman–Crippen MR) is 68.5 cm³/mol. The molecule has 0 spiro atoms. The lowest BCUT2D eigenvalue weighted by Crippen LogP contribution is -2.41. The fraction of sp³-hybridized carbons (Fsp3) is 0.538. The molecular formula is C13H18BFO3. The third-order valence-corrected chi connectivity index (χ3v) is 3.82. The lowest BCUT2D eigenvalue weighted by molar-refractivity contribution is 0.00578. The minimum absolute atomic E-state index is 0.133. The molecule has 18 heavy (non-hydrogen) atoms. The van der Waals surface area contributed by atoms with Crippen molar-refractivity contribution in [1.29, 1.82) is 0 Å².